The minimum absolute atomic E-state index is 0.0710. The Balaban J connectivity index is 1.95. The summed E-state index contributed by atoms with van der Waals surface area (Å²) < 4.78 is 81.6. The Morgan fingerprint density at radius 2 is 1.87 bits per heavy atom. The van der Waals surface area contributed by atoms with Crippen LogP contribution in [0.1, 0.15) is 11.4 Å². The van der Waals surface area contributed by atoms with Crippen LogP contribution < -0.4 is 19.9 Å². The molecule has 0 saturated heterocycles. The van der Waals surface area contributed by atoms with E-state index in [0.29, 0.717) is 17.1 Å². The second kappa shape index (κ2) is 8.43. The molecule has 1 heterocycles. The molecule has 0 radical (unpaired) electrons. The number of aromatic nitrogens is 2. The summed E-state index contributed by atoms with van der Waals surface area (Å²) in [6, 6.07) is 8.38. The Hall–Kier alpha value is -3.32. The van der Waals surface area contributed by atoms with Crippen LogP contribution >= 0.6 is 0 Å². The standard InChI is InChI=1S/C18H17F3N4O5S/c1-28-12-5-3-10(14(8-12)29-2)9-23-31(26,27)15-7-11(22)4-6-13(15)16-24-17(25-30-16)18(19,20)21/h3-8,23H,9,22H2,1-2H3. The Bertz CT molecular complexity index is 1200. The summed E-state index contributed by atoms with van der Waals surface area (Å²) in [4.78, 5) is 2.83. The fourth-order valence-electron chi connectivity index (χ4n) is 2.63. The van der Waals surface area contributed by atoms with Crippen LogP contribution in [0.25, 0.3) is 11.5 Å². The van der Waals surface area contributed by atoms with E-state index in [0.717, 1.165) is 6.07 Å². The molecular weight excluding hydrogens is 441 g/mol. The van der Waals surface area contributed by atoms with E-state index in [1.807, 2.05) is 0 Å². The fraction of sp³-hybridized carbons (Fsp3) is 0.222. The third kappa shape index (κ3) is 4.88. The average Bonchev–Trinajstić information content (AvgIpc) is 3.22. The number of alkyl halides is 3. The zero-order chi connectivity index (χ0) is 22.8. The topological polar surface area (TPSA) is 130 Å². The molecule has 0 aliphatic rings. The molecule has 13 heteroatoms. The van der Waals surface area contributed by atoms with Crippen molar-refractivity contribution < 1.29 is 35.6 Å². The highest BCUT2D eigenvalue weighted by Gasteiger charge is 2.38. The van der Waals surface area contributed by atoms with E-state index >= 15 is 0 Å². The highest BCUT2D eigenvalue weighted by molar-refractivity contribution is 7.89. The number of hydrogen-bond acceptors (Lipinski definition) is 8. The molecule has 0 atom stereocenters. The Kier molecular flexibility index (Phi) is 6.08. The average molecular weight is 458 g/mol. The Labute approximate surface area is 175 Å². The van der Waals surface area contributed by atoms with Gasteiger partial charge in [-0.1, -0.05) is 11.2 Å². The molecule has 0 spiro atoms. The molecule has 166 valence electrons. The van der Waals surface area contributed by atoms with Crippen molar-refractivity contribution in [3.05, 3.63) is 47.8 Å². The first-order chi connectivity index (χ1) is 14.5. The van der Waals surface area contributed by atoms with Gasteiger partial charge in [0.25, 0.3) is 11.7 Å². The molecule has 3 N–H and O–H groups in total. The van der Waals surface area contributed by atoms with Crippen molar-refractivity contribution in [2.24, 2.45) is 0 Å². The van der Waals surface area contributed by atoms with Crippen LogP contribution in [0, 0.1) is 0 Å². The number of benzene rings is 2. The number of anilines is 1. The summed E-state index contributed by atoms with van der Waals surface area (Å²) in [5.74, 6) is -1.26. The molecule has 3 rings (SSSR count). The first-order valence-corrected chi connectivity index (χ1v) is 10.0. The number of nitrogen functional groups attached to an aromatic ring is 1. The van der Waals surface area contributed by atoms with E-state index in [2.05, 4.69) is 19.4 Å². The molecular formula is C18H17F3N4O5S. The van der Waals surface area contributed by atoms with Crippen LogP contribution in [0.2, 0.25) is 0 Å². The number of halogens is 3. The predicted molar refractivity (Wildman–Crippen MR) is 103 cm³/mol. The molecule has 0 fully saturated rings. The Morgan fingerprint density at radius 3 is 2.48 bits per heavy atom. The smallest absolute Gasteiger partial charge is 0.455 e. The number of nitrogens with two attached hydrogens (primary N) is 1. The SMILES string of the molecule is COc1ccc(CNS(=O)(=O)c2cc(N)ccc2-c2nc(C(F)(F)F)no2)c(OC)c1. The number of methoxy groups -OCH3 is 2. The van der Waals surface area contributed by atoms with Gasteiger partial charge in [0.05, 0.1) is 24.7 Å². The second-order valence-electron chi connectivity index (χ2n) is 6.18. The van der Waals surface area contributed by atoms with Gasteiger partial charge >= 0.3 is 6.18 Å². The van der Waals surface area contributed by atoms with Crippen molar-refractivity contribution in [3.63, 3.8) is 0 Å². The molecule has 2 aromatic carbocycles. The van der Waals surface area contributed by atoms with Gasteiger partial charge < -0.3 is 19.7 Å². The molecule has 0 aliphatic heterocycles. The van der Waals surface area contributed by atoms with Gasteiger partial charge in [-0.3, -0.25) is 0 Å². The summed E-state index contributed by atoms with van der Waals surface area (Å²) in [5, 5.41) is 2.86. The van der Waals surface area contributed by atoms with E-state index in [-0.39, 0.29) is 17.8 Å². The predicted octanol–water partition coefficient (Wildman–Crippen LogP) is 2.83. The minimum atomic E-state index is -4.85. The molecule has 0 saturated carbocycles. The van der Waals surface area contributed by atoms with Gasteiger partial charge in [-0.05, 0) is 24.3 Å². The maximum atomic E-state index is 12.9. The van der Waals surface area contributed by atoms with E-state index in [4.69, 9.17) is 15.2 Å². The summed E-state index contributed by atoms with van der Waals surface area (Å²) in [5.41, 5.74) is 6.02. The Morgan fingerprint density at radius 1 is 1.13 bits per heavy atom. The number of nitrogens with one attached hydrogen (secondary N) is 1. The van der Waals surface area contributed by atoms with E-state index in [1.165, 1.54) is 26.4 Å². The number of sulfonamides is 1. The highest BCUT2D eigenvalue weighted by atomic mass is 32.2. The number of hydrogen-bond donors (Lipinski definition) is 2. The lowest BCUT2D eigenvalue weighted by Gasteiger charge is -2.13. The fourth-order valence-corrected chi connectivity index (χ4v) is 3.87. The van der Waals surface area contributed by atoms with E-state index in [1.54, 1.807) is 18.2 Å². The third-order valence-electron chi connectivity index (χ3n) is 4.15. The summed E-state index contributed by atoms with van der Waals surface area (Å²) in [7, 11) is -1.37. The van der Waals surface area contributed by atoms with Crippen molar-refractivity contribution in [1.29, 1.82) is 0 Å². The lowest BCUT2D eigenvalue weighted by molar-refractivity contribution is -0.146. The zero-order valence-electron chi connectivity index (χ0n) is 16.2. The van der Waals surface area contributed by atoms with Crippen molar-refractivity contribution in [1.82, 2.24) is 14.9 Å². The van der Waals surface area contributed by atoms with E-state index in [9.17, 15) is 21.6 Å². The van der Waals surface area contributed by atoms with Gasteiger partial charge in [0, 0.05) is 23.9 Å². The normalized spacial score (nSPS) is 12.0. The molecule has 0 amide bonds. The highest BCUT2D eigenvalue weighted by Crippen LogP contribution is 2.32. The van der Waals surface area contributed by atoms with Crippen molar-refractivity contribution in [3.8, 4) is 23.0 Å². The zero-order valence-corrected chi connectivity index (χ0v) is 17.0. The number of rotatable bonds is 7. The monoisotopic (exact) mass is 458 g/mol. The number of nitrogens with zero attached hydrogens (tertiary/aromatic N) is 2. The van der Waals surface area contributed by atoms with Gasteiger partial charge in [0.1, 0.15) is 11.5 Å². The van der Waals surface area contributed by atoms with Gasteiger partial charge in [-0.25, -0.2) is 13.1 Å². The molecule has 9 nitrogen and oxygen atoms in total. The molecule has 0 unspecified atom stereocenters. The first kappa shape index (κ1) is 22.4. The second-order valence-corrected chi connectivity index (χ2v) is 7.91. The first-order valence-electron chi connectivity index (χ1n) is 8.56. The maximum absolute atomic E-state index is 12.9. The largest absolute Gasteiger partial charge is 0.497 e. The molecule has 0 bridgehead atoms. The summed E-state index contributed by atoms with van der Waals surface area (Å²) >= 11 is 0. The molecule has 31 heavy (non-hydrogen) atoms. The van der Waals surface area contributed by atoms with Crippen molar-refractivity contribution >= 4 is 15.7 Å². The third-order valence-corrected chi connectivity index (χ3v) is 5.59. The lowest BCUT2D eigenvalue weighted by atomic mass is 10.2. The quantitative estimate of drug-likeness (QED) is 0.517. The number of ether oxygens (including phenoxy) is 2. The van der Waals surface area contributed by atoms with Crippen LogP contribution in [0.4, 0.5) is 18.9 Å². The van der Waals surface area contributed by atoms with Crippen molar-refractivity contribution in [2.45, 2.75) is 17.6 Å². The van der Waals surface area contributed by atoms with Gasteiger partial charge in [-0.2, -0.15) is 18.2 Å². The van der Waals surface area contributed by atoms with Crippen LogP contribution in [-0.4, -0.2) is 32.8 Å². The molecule has 1 aromatic heterocycles. The summed E-state index contributed by atoms with van der Waals surface area (Å²) in [6.07, 6.45) is -4.85. The maximum Gasteiger partial charge on any atom is 0.455 e. The van der Waals surface area contributed by atoms with Crippen LogP contribution in [0.3, 0.4) is 0 Å². The van der Waals surface area contributed by atoms with Crippen LogP contribution in [0.15, 0.2) is 45.8 Å². The molecule has 0 aliphatic carbocycles. The molecule has 3 aromatic rings. The summed E-state index contributed by atoms with van der Waals surface area (Å²) in [6.45, 7) is -0.179. The van der Waals surface area contributed by atoms with Gasteiger partial charge in [0.2, 0.25) is 10.0 Å². The van der Waals surface area contributed by atoms with Crippen LogP contribution in [-0.2, 0) is 22.7 Å². The lowest BCUT2D eigenvalue weighted by Crippen LogP contribution is -2.24. The van der Waals surface area contributed by atoms with Crippen LogP contribution in [0.5, 0.6) is 11.5 Å². The van der Waals surface area contributed by atoms with Crippen molar-refractivity contribution in [2.75, 3.05) is 20.0 Å². The minimum Gasteiger partial charge on any atom is -0.497 e. The van der Waals surface area contributed by atoms with Gasteiger partial charge in [-0.15, -0.1) is 0 Å². The van der Waals surface area contributed by atoms with Gasteiger partial charge in [0.15, 0.2) is 0 Å². The van der Waals surface area contributed by atoms with E-state index < -0.39 is 32.8 Å².